The molecule has 1 aromatic rings. The molecule has 1 heterocycles. The normalized spacial score (nSPS) is 20.6. The summed E-state index contributed by atoms with van der Waals surface area (Å²) in [6.07, 6.45) is 0.679. The zero-order chi connectivity index (χ0) is 16.8. The van der Waals surface area contributed by atoms with Crippen LogP contribution in [0.25, 0.3) is 0 Å². The van der Waals surface area contributed by atoms with Gasteiger partial charge in [-0.3, -0.25) is 10.1 Å². The summed E-state index contributed by atoms with van der Waals surface area (Å²) in [6, 6.07) is 6.05. The summed E-state index contributed by atoms with van der Waals surface area (Å²) in [6.45, 7) is 3.31. The van der Waals surface area contributed by atoms with E-state index in [1.165, 1.54) is 12.1 Å². The lowest BCUT2D eigenvalue weighted by Gasteiger charge is -2.30. The summed E-state index contributed by atoms with van der Waals surface area (Å²) in [5, 5.41) is 27.9. The molecule has 3 atom stereocenters. The van der Waals surface area contributed by atoms with Gasteiger partial charge in [0.15, 0.2) is 11.3 Å². The maximum atomic E-state index is 11.0. The fourth-order valence-corrected chi connectivity index (χ4v) is 2.89. The largest absolute Gasteiger partial charge is 0.389 e. The van der Waals surface area contributed by atoms with E-state index < -0.39 is 17.1 Å². The Labute approximate surface area is 151 Å². The Bertz CT molecular complexity index is 578. The van der Waals surface area contributed by atoms with Gasteiger partial charge < -0.3 is 15.3 Å². The zero-order valence-corrected chi connectivity index (χ0v) is 14.8. The monoisotopic (exact) mass is 377 g/mol. The first-order valence-corrected chi connectivity index (χ1v) is 7.90. The van der Waals surface area contributed by atoms with E-state index in [1.54, 1.807) is 19.1 Å². The van der Waals surface area contributed by atoms with Gasteiger partial charge in [0.05, 0.1) is 16.6 Å². The highest BCUT2D eigenvalue weighted by Gasteiger charge is 2.29. The molecule has 0 bridgehead atoms. The number of aliphatic hydroxyl groups excluding tert-OH is 1. The van der Waals surface area contributed by atoms with E-state index >= 15 is 0 Å². The number of aliphatic hydroxyl groups is 1. The molecule has 1 saturated heterocycles. The van der Waals surface area contributed by atoms with Crippen LogP contribution in [0.2, 0.25) is 0 Å². The molecule has 9 heteroatoms. The number of benzene rings is 1. The van der Waals surface area contributed by atoms with E-state index in [4.69, 9.17) is 16.4 Å². The van der Waals surface area contributed by atoms with E-state index in [-0.39, 0.29) is 34.7 Å². The molecule has 134 valence electrons. The number of rotatable bonds is 6. The third kappa shape index (κ3) is 5.31. The van der Waals surface area contributed by atoms with Crippen molar-refractivity contribution in [3.05, 3.63) is 39.9 Å². The maximum absolute atomic E-state index is 11.0. The van der Waals surface area contributed by atoms with Crippen molar-refractivity contribution < 1.29 is 14.9 Å². The number of oxime groups is 1. The van der Waals surface area contributed by atoms with Gasteiger partial charge in [0.2, 0.25) is 0 Å². The van der Waals surface area contributed by atoms with Gasteiger partial charge in [-0.25, -0.2) is 0 Å². The van der Waals surface area contributed by atoms with Crippen molar-refractivity contribution in [3.8, 4) is 0 Å². The van der Waals surface area contributed by atoms with Crippen molar-refractivity contribution in [2.24, 2.45) is 11.1 Å². The van der Waals surface area contributed by atoms with Crippen LogP contribution in [0.5, 0.6) is 0 Å². The SMILES string of the molecule is CC(O)C(ON=C(Cl)c1ccccc1[N+](=O)[O-])C1CCCNC1.Cl. The molecule has 0 aliphatic carbocycles. The van der Waals surface area contributed by atoms with Crippen LogP contribution in [0, 0.1) is 16.0 Å². The van der Waals surface area contributed by atoms with Gasteiger partial charge >= 0.3 is 0 Å². The molecule has 1 aromatic carbocycles. The van der Waals surface area contributed by atoms with Crippen molar-refractivity contribution in [1.29, 1.82) is 0 Å². The predicted molar refractivity (Wildman–Crippen MR) is 94.9 cm³/mol. The minimum absolute atomic E-state index is 0. The first-order chi connectivity index (χ1) is 11.0. The van der Waals surface area contributed by atoms with Crippen LogP contribution in [0.4, 0.5) is 5.69 Å². The fraction of sp³-hybridized carbons (Fsp3) is 0.533. The molecule has 24 heavy (non-hydrogen) atoms. The lowest BCUT2D eigenvalue weighted by atomic mass is 9.91. The van der Waals surface area contributed by atoms with Crippen molar-refractivity contribution >= 4 is 34.9 Å². The molecule has 0 radical (unpaired) electrons. The Morgan fingerprint density at radius 3 is 2.83 bits per heavy atom. The first-order valence-electron chi connectivity index (χ1n) is 7.52. The van der Waals surface area contributed by atoms with E-state index in [2.05, 4.69) is 10.5 Å². The van der Waals surface area contributed by atoms with E-state index in [9.17, 15) is 15.2 Å². The highest BCUT2D eigenvalue weighted by molar-refractivity contribution is 6.69. The Kier molecular flexibility index (Phi) is 8.41. The molecular formula is C15H21Cl2N3O4. The average molecular weight is 378 g/mol. The number of nitro groups is 1. The lowest BCUT2D eigenvalue weighted by Crippen LogP contribution is -2.42. The summed E-state index contributed by atoms with van der Waals surface area (Å²) in [5.74, 6) is 0.114. The molecular weight excluding hydrogens is 357 g/mol. The van der Waals surface area contributed by atoms with Crippen molar-refractivity contribution in [3.63, 3.8) is 0 Å². The predicted octanol–water partition coefficient (Wildman–Crippen LogP) is 2.68. The summed E-state index contributed by atoms with van der Waals surface area (Å²) < 4.78 is 0. The van der Waals surface area contributed by atoms with Crippen molar-refractivity contribution in [2.75, 3.05) is 13.1 Å². The second kappa shape index (κ2) is 9.78. The van der Waals surface area contributed by atoms with Crippen LogP contribution < -0.4 is 5.32 Å². The van der Waals surface area contributed by atoms with Gasteiger partial charge in [-0.1, -0.05) is 28.9 Å². The Morgan fingerprint density at radius 1 is 1.54 bits per heavy atom. The molecule has 7 nitrogen and oxygen atoms in total. The zero-order valence-electron chi connectivity index (χ0n) is 13.2. The highest BCUT2D eigenvalue weighted by atomic mass is 35.5. The van der Waals surface area contributed by atoms with E-state index in [0.717, 1.165) is 25.9 Å². The summed E-state index contributed by atoms with van der Waals surface area (Å²) in [5.41, 5.74) is 0.0445. The summed E-state index contributed by atoms with van der Waals surface area (Å²) in [4.78, 5) is 15.9. The number of nitrogens with one attached hydrogen (secondary N) is 1. The van der Waals surface area contributed by atoms with E-state index in [0.29, 0.717) is 0 Å². The van der Waals surface area contributed by atoms with Crippen molar-refractivity contribution in [1.82, 2.24) is 5.32 Å². The summed E-state index contributed by atoms with van der Waals surface area (Å²) in [7, 11) is 0. The van der Waals surface area contributed by atoms with E-state index in [1.807, 2.05) is 0 Å². The maximum Gasteiger partial charge on any atom is 0.279 e. The number of halogens is 2. The van der Waals surface area contributed by atoms with Gasteiger partial charge in [-0.15, -0.1) is 12.4 Å². The minimum Gasteiger partial charge on any atom is -0.389 e. The number of nitro benzene ring substituents is 1. The Morgan fingerprint density at radius 2 is 2.25 bits per heavy atom. The first kappa shape index (κ1) is 20.6. The quantitative estimate of drug-likeness (QED) is 0.451. The Balaban J connectivity index is 0.00000288. The number of nitrogens with zero attached hydrogens (tertiary/aromatic N) is 2. The molecule has 1 fully saturated rings. The second-order valence-corrected chi connectivity index (χ2v) is 5.93. The van der Waals surface area contributed by atoms with Crippen LogP contribution in [0.15, 0.2) is 29.4 Å². The molecule has 0 saturated carbocycles. The number of para-hydroxylation sites is 1. The molecule has 0 amide bonds. The van der Waals surface area contributed by atoms with Crippen LogP contribution in [-0.4, -0.2) is 40.5 Å². The molecule has 2 rings (SSSR count). The standard InChI is InChI=1S/C15H20ClN3O4.ClH/c1-10(20)14(11-5-4-8-17-9-11)23-18-15(16)12-6-2-3-7-13(12)19(21)22;/h2-3,6-7,10-11,14,17,20H,4-5,8-9H2,1H3;1H. The minimum atomic E-state index is -0.723. The van der Waals surface area contributed by atoms with Crippen LogP contribution >= 0.6 is 24.0 Å². The fourth-order valence-electron chi connectivity index (χ4n) is 2.69. The third-order valence-electron chi connectivity index (χ3n) is 3.85. The molecule has 0 spiro atoms. The average Bonchev–Trinajstić information content (AvgIpc) is 2.55. The topological polar surface area (TPSA) is 97.0 Å². The number of hydrogen-bond donors (Lipinski definition) is 2. The molecule has 1 aliphatic rings. The smallest absolute Gasteiger partial charge is 0.279 e. The van der Waals surface area contributed by atoms with Gasteiger partial charge in [0, 0.05) is 18.5 Å². The molecule has 3 unspecified atom stereocenters. The molecule has 1 aliphatic heterocycles. The summed E-state index contributed by atoms with van der Waals surface area (Å²) >= 11 is 6.07. The van der Waals surface area contributed by atoms with Crippen molar-refractivity contribution in [2.45, 2.75) is 32.0 Å². The molecule has 2 N–H and O–H groups in total. The van der Waals surface area contributed by atoms with Crippen LogP contribution in [0.3, 0.4) is 0 Å². The van der Waals surface area contributed by atoms with Gasteiger partial charge in [-0.05, 0) is 32.4 Å². The number of piperidine rings is 1. The van der Waals surface area contributed by atoms with Gasteiger partial charge in [0.25, 0.3) is 5.69 Å². The highest BCUT2D eigenvalue weighted by Crippen LogP contribution is 2.23. The van der Waals surface area contributed by atoms with Gasteiger partial charge in [0.1, 0.15) is 0 Å². The lowest BCUT2D eigenvalue weighted by molar-refractivity contribution is -0.385. The number of hydrogen-bond acceptors (Lipinski definition) is 6. The Hall–Kier alpha value is -1.41. The van der Waals surface area contributed by atoms with Crippen LogP contribution in [-0.2, 0) is 4.84 Å². The second-order valence-electron chi connectivity index (χ2n) is 5.57. The van der Waals surface area contributed by atoms with Gasteiger partial charge in [-0.2, -0.15) is 0 Å². The van der Waals surface area contributed by atoms with Crippen LogP contribution in [0.1, 0.15) is 25.3 Å². The molecule has 0 aromatic heterocycles. The third-order valence-corrected chi connectivity index (χ3v) is 4.13.